The van der Waals surface area contributed by atoms with Crippen LogP contribution < -0.4 is 20.3 Å². The van der Waals surface area contributed by atoms with E-state index in [0.29, 0.717) is 28.7 Å². The van der Waals surface area contributed by atoms with Crippen molar-refractivity contribution in [3.8, 4) is 11.4 Å². The third-order valence-corrected chi connectivity index (χ3v) is 5.17. The van der Waals surface area contributed by atoms with Crippen molar-refractivity contribution in [3.63, 3.8) is 0 Å². The molecule has 10 heteroatoms. The van der Waals surface area contributed by atoms with Crippen LogP contribution in [0.4, 0.5) is 11.4 Å². The third kappa shape index (κ3) is 4.83. The SMILES string of the molecule is CCCNC(=O)C1CN(CC(=O)Nc2cc(Cl)ccc2-n2cncn2)c2ccccc2O1. The third-order valence-electron chi connectivity index (χ3n) is 4.94. The number of aromatic nitrogens is 3. The molecule has 0 spiro atoms. The van der Waals surface area contributed by atoms with Crippen LogP contribution in [0.5, 0.6) is 5.75 Å². The van der Waals surface area contributed by atoms with Crippen molar-refractivity contribution in [2.24, 2.45) is 0 Å². The molecule has 4 rings (SSSR count). The van der Waals surface area contributed by atoms with Crippen molar-refractivity contribution >= 4 is 34.8 Å². The highest BCUT2D eigenvalue weighted by atomic mass is 35.5. The Morgan fingerprint density at radius 1 is 1.22 bits per heavy atom. The summed E-state index contributed by atoms with van der Waals surface area (Å²) in [6, 6.07) is 12.5. The minimum Gasteiger partial charge on any atom is -0.477 e. The van der Waals surface area contributed by atoms with E-state index in [1.165, 1.54) is 12.7 Å². The van der Waals surface area contributed by atoms with Crippen LogP contribution in [0.25, 0.3) is 5.69 Å². The van der Waals surface area contributed by atoms with Crippen molar-refractivity contribution in [1.29, 1.82) is 0 Å². The highest BCUT2D eigenvalue weighted by Gasteiger charge is 2.31. The summed E-state index contributed by atoms with van der Waals surface area (Å²) in [5.41, 5.74) is 1.90. The summed E-state index contributed by atoms with van der Waals surface area (Å²) in [4.78, 5) is 31.3. The molecule has 2 amide bonds. The van der Waals surface area contributed by atoms with Gasteiger partial charge >= 0.3 is 0 Å². The van der Waals surface area contributed by atoms with Crippen LogP contribution in [0.15, 0.2) is 55.1 Å². The number of anilines is 2. The van der Waals surface area contributed by atoms with Gasteiger partial charge in [-0.1, -0.05) is 30.7 Å². The van der Waals surface area contributed by atoms with Gasteiger partial charge in [-0.25, -0.2) is 9.67 Å². The topological polar surface area (TPSA) is 101 Å². The number of carbonyl (C=O) groups is 2. The Bertz CT molecular complexity index is 1100. The number of halogens is 1. The maximum atomic E-state index is 13.0. The second-order valence-corrected chi connectivity index (χ2v) is 7.73. The van der Waals surface area contributed by atoms with Crippen molar-refractivity contribution in [1.82, 2.24) is 20.1 Å². The molecule has 1 aliphatic rings. The van der Waals surface area contributed by atoms with Gasteiger partial charge < -0.3 is 20.3 Å². The predicted molar refractivity (Wildman–Crippen MR) is 121 cm³/mol. The normalized spacial score (nSPS) is 14.9. The van der Waals surface area contributed by atoms with Crippen LogP contribution in [0.1, 0.15) is 13.3 Å². The lowest BCUT2D eigenvalue weighted by Crippen LogP contribution is -2.50. The van der Waals surface area contributed by atoms with Gasteiger partial charge in [0.1, 0.15) is 18.4 Å². The van der Waals surface area contributed by atoms with Gasteiger partial charge in [-0.15, -0.1) is 0 Å². The molecule has 1 atom stereocenters. The Morgan fingerprint density at radius 3 is 2.84 bits per heavy atom. The van der Waals surface area contributed by atoms with Gasteiger partial charge in [0.05, 0.1) is 30.2 Å². The molecular formula is C22H23ClN6O3. The summed E-state index contributed by atoms with van der Waals surface area (Å²) < 4.78 is 7.43. The quantitative estimate of drug-likeness (QED) is 0.569. The number of nitrogens with one attached hydrogen (secondary N) is 2. The number of benzene rings is 2. The van der Waals surface area contributed by atoms with Crippen LogP contribution in [0.2, 0.25) is 5.02 Å². The fourth-order valence-corrected chi connectivity index (χ4v) is 3.63. The number of rotatable bonds is 7. The van der Waals surface area contributed by atoms with Gasteiger partial charge in [-0.2, -0.15) is 5.10 Å². The molecule has 9 nitrogen and oxygen atoms in total. The Morgan fingerprint density at radius 2 is 2.06 bits per heavy atom. The summed E-state index contributed by atoms with van der Waals surface area (Å²) in [5.74, 6) is 0.0994. The summed E-state index contributed by atoms with van der Waals surface area (Å²) in [6.07, 6.45) is 3.07. The molecule has 1 aromatic heterocycles. The fourth-order valence-electron chi connectivity index (χ4n) is 3.46. The zero-order valence-corrected chi connectivity index (χ0v) is 18.2. The molecule has 0 radical (unpaired) electrons. The van der Waals surface area contributed by atoms with Gasteiger partial charge in [0, 0.05) is 11.6 Å². The van der Waals surface area contributed by atoms with Crippen molar-refractivity contribution in [2.75, 3.05) is 29.9 Å². The lowest BCUT2D eigenvalue weighted by Gasteiger charge is -2.35. The van der Waals surface area contributed by atoms with E-state index in [0.717, 1.165) is 12.1 Å². The minimum atomic E-state index is -0.707. The zero-order chi connectivity index (χ0) is 22.5. The van der Waals surface area contributed by atoms with Gasteiger partial charge in [0.2, 0.25) is 5.91 Å². The molecular weight excluding hydrogens is 432 g/mol. The van der Waals surface area contributed by atoms with E-state index in [1.807, 2.05) is 30.0 Å². The molecule has 2 heterocycles. The Balaban J connectivity index is 1.53. The molecule has 0 fully saturated rings. The van der Waals surface area contributed by atoms with Crippen molar-refractivity contribution in [3.05, 3.63) is 60.1 Å². The number of hydrogen-bond acceptors (Lipinski definition) is 6. The first-order valence-corrected chi connectivity index (χ1v) is 10.7. The highest BCUT2D eigenvalue weighted by molar-refractivity contribution is 6.31. The number of para-hydroxylation sites is 2. The van der Waals surface area contributed by atoms with E-state index in [-0.39, 0.29) is 24.9 Å². The number of carbonyl (C=O) groups excluding carboxylic acids is 2. The Hall–Kier alpha value is -3.59. The predicted octanol–water partition coefficient (Wildman–Crippen LogP) is 2.65. The molecule has 0 saturated carbocycles. The smallest absolute Gasteiger partial charge is 0.262 e. The van der Waals surface area contributed by atoms with Gasteiger partial charge in [-0.05, 0) is 36.8 Å². The largest absolute Gasteiger partial charge is 0.477 e. The number of hydrogen-bond donors (Lipinski definition) is 2. The Kier molecular flexibility index (Phi) is 6.55. The van der Waals surface area contributed by atoms with Crippen LogP contribution in [0, 0.1) is 0 Å². The van der Waals surface area contributed by atoms with Gasteiger partial charge in [0.15, 0.2) is 6.10 Å². The molecule has 0 aliphatic carbocycles. The summed E-state index contributed by atoms with van der Waals surface area (Å²) in [7, 11) is 0. The minimum absolute atomic E-state index is 0.0290. The molecule has 1 aliphatic heterocycles. The molecule has 1 unspecified atom stereocenters. The van der Waals surface area contributed by atoms with E-state index >= 15 is 0 Å². The fraction of sp³-hybridized carbons (Fsp3) is 0.273. The number of amides is 2. The lowest BCUT2D eigenvalue weighted by molar-refractivity contribution is -0.128. The summed E-state index contributed by atoms with van der Waals surface area (Å²) in [6.45, 7) is 2.84. The van der Waals surface area contributed by atoms with E-state index in [4.69, 9.17) is 16.3 Å². The van der Waals surface area contributed by atoms with E-state index in [2.05, 4.69) is 20.7 Å². The molecule has 166 valence electrons. The van der Waals surface area contributed by atoms with Crippen LogP contribution >= 0.6 is 11.6 Å². The second kappa shape index (κ2) is 9.69. The first-order valence-electron chi connectivity index (χ1n) is 10.3. The van der Waals surface area contributed by atoms with Crippen LogP contribution in [0.3, 0.4) is 0 Å². The molecule has 3 aromatic rings. The molecule has 0 bridgehead atoms. The monoisotopic (exact) mass is 454 g/mol. The standard InChI is InChI=1S/C22H23ClN6O3/c1-2-9-25-22(31)20-11-28(18-5-3-4-6-19(18)32-20)12-21(30)27-16-10-15(23)7-8-17(16)29-14-24-13-26-29/h3-8,10,13-14,20H,2,9,11-12H2,1H3,(H,25,31)(H,27,30). The lowest BCUT2D eigenvalue weighted by atomic mass is 10.1. The van der Waals surface area contributed by atoms with Gasteiger partial charge in [0.25, 0.3) is 5.91 Å². The molecule has 2 aromatic carbocycles. The van der Waals surface area contributed by atoms with Crippen LogP contribution in [-0.4, -0.2) is 52.3 Å². The van der Waals surface area contributed by atoms with Gasteiger partial charge in [-0.3, -0.25) is 9.59 Å². The average molecular weight is 455 g/mol. The van der Waals surface area contributed by atoms with E-state index in [9.17, 15) is 9.59 Å². The maximum Gasteiger partial charge on any atom is 0.262 e. The average Bonchev–Trinajstić information content (AvgIpc) is 3.32. The summed E-state index contributed by atoms with van der Waals surface area (Å²) >= 11 is 6.15. The summed E-state index contributed by atoms with van der Waals surface area (Å²) in [5, 5.41) is 10.4. The number of nitrogens with zero attached hydrogens (tertiary/aromatic N) is 4. The molecule has 0 saturated heterocycles. The molecule has 32 heavy (non-hydrogen) atoms. The maximum absolute atomic E-state index is 13.0. The van der Waals surface area contributed by atoms with Crippen molar-refractivity contribution < 1.29 is 14.3 Å². The van der Waals surface area contributed by atoms with Crippen molar-refractivity contribution in [2.45, 2.75) is 19.4 Å². The second-order valence-electron chi connectivity index (χ2n) is 7.30. The molecule has 2 N–H and O–H groups in total. The number of fused-ring (bicyclic) bond motifs is 1. The number of ether oxygens (including phenoxy) is 1. The van der Waals surface area contributed by atoms with Crippen LogP contribution in [-0.2, 0) is 9.59 Å². The first kappa shape index (κ1) is 21.6. The Labute approximate surface area is 190 Å². The zero-order valence-electron chi connectivity index (χ0n) is 17.5. The van der Waals surface area contributed by atoms with E-state index < -0.39 is 6.10 Å². The first-order chi connectivity index (χ1) is 15.5. The highest BCUT2D eigenvalue weighted by Crippen LogP contribution is 2.33. The van der Waals surface area contributed by atoms with E-state index in [1.54, 1.807) is 28.9 Å².